The first kappa shape index (κ1) is 11.3. The minimum atomic E-state index is -0.292. The van der Waals surface area contributed by atoms with Crippen LogP contribution in [0.25, 0.3) is 0 Å². The first-order valence-corrected chi connectivity index (χ1v) is 5.22. The quantitative estimate of drug-likeness (QED) is 0.563. The van der Waals surface area contributed by atoms with Crippen LogP contribution in [0.2, 0.25) is 0 Å². The van der Waals surface area contributed by atoms with Crippen molar-refractivity contribution in [1.82, 2.24) is 0 Å². The number of hydrogen-bond acceptors (Lipinski definition) is 3. The molecule has 0 saturated carbocycles. The molecular weight excluding hydrogens is 219 g/mol. The molecule has 0 fully saturated rings. The molecule has 0 amide bonds. The van der Waals surface area contributed by atoms with Crippen molar-refractivity contribution in [2.24, 2.45) is 0 Å². The van der Waals surface area contributed by atoms with Gasteiger partial charge in [-0.2, -0.15) is 0 Å². The number of para-hydroxylation sites is 1. The Labute approximate surface area is 98.7 Å². The molecule has 0 aliphatic carbocycles. The molecule has 2 aromatic rings. The highest BCUT2D eigenvalue weighted by Gasteiger charge is 2.01. The van der Waals surface area contributed by atoms with Gasteiger partial charge >= 0.3 is 0 Å². The highest BCUT2D eigenvalue weighted by molar-refractivity contribution is 5.54. The van der Waals surface area contributed by atoms with Gasteiger partial charge in [-0.25, -0.2) is 4.39 Å². The second kappa shape index (κ2) is 4.74. The molecule has 0 radical (unpaired) electrons. The smallest absolute Gasteiger partial charge is 0.146 e. The summed E-state index contributed by atoms with van der Waals surface area (Å²) >= 11 is 0. The normalized spacial score (nSPS) is 10.2. The van der Waals surface area contributed by atoms with Crippen LogP contribution in [0.5, 0.6) is 5.75 Å². The van der Waals surface area contributed by atoms with Crippen LogP contribution in [-0.2, 0) is 6.54 Å². The van der Waals surface area contributed by atoms with Crippen LogP contribution >= 0.6 is 0 Å². The lowest BCUT2D eigenvalue weighted by atomic mass is 10.2. The number of rotatable bonds is 3. The number of benzene rings is 2. The molecule has 0 atom stereocenters. The number of phenols is 1. The van der Waals surface area contributed by atoms with E-state index in [0.717, 1.165) is 5.56 Å². The molecule has 0 unspecified atom stereocenters. The summed E-state index contributed by atoms with van der Waals surface area (Å²) in [5.41, 5.74) is 7.21. The zero-order valence-corrected chi connectivity index (χ0v) is 9.15. The Bertz CT molecular complexity index is 529. The van der Waals surface area contributed by atoms with Crippen LogP contribution in [0.1, 0.15) is 5.56 Å². The molecule has 2 aromatic carbocycles. The summed E-state index contributed by atoms with van der Waals surface area (Å²) in [6, 6.07) is 11.4. The molecular formula is C13H13FN2O. The maximum atomic E-state index is 13.3. The Hall–Kier alpha value is -2.23. The lowest BCUT2D eigenvalue weighted by Gasteiger charge is -2.08. The number of hydrogen-bond donors (Lipinski definition) is 3. The second-order valence-electron chi connectivity index (χ2n) is 3.73. The Balaban J connectivity index is 2.08. The SMILES string of the molecule is Nc1cc(CNc2ccccc2F)ccc1O. The average Bonchev–Trinajstić information content (AvgIpc) is 2.32. The summed E-state index contributed by atoms with van der Waals surface area (Å²) in [5.74, 6) is -0.237. The van der Waals surface area contributed by atoms with Crippen molar-refractivity contribution in [1.29, 1.82) is 0 Å². The Kier molecular flexibility index (Phi) is 3.14. The van der Waals surface area contributed by atoms with Crippen molar-refractivity contribution in [2.75, 3.05) is 11.1 Å². The summed E-state index contributed by atoms with van der Waals surface area (Å²) in [6.07, 6.45) is 0. The van der Waals surface area contributed by atoms with Gasteiger partial charge in [0.05, 0.1) is 11.4 Å². The highest BCUT2D eigenvalue weighted by atomic mass is 19.1. The van der Waals surface area contributed by atoms with E-state index in [4.69, 9.17) is 5.73 Å². The highest BCUT2D eigenvalue weighted by Crippen LogP contribution is 2.21. The molecule has 88 valence electrons. The van der Waals surface area contributed by atoms with Gasteiger partial charge in [0.1, 0.15) is 11.6 Å². The zero-order chi connectivity index (χ0) is 12.3. The largest absolute Gasteiger partial charge is 0.506 e. The van der Waals surface area contributed by atoms with Gasteiger partial charge in [0.2, 0.25) is 0 Å². The minimum absolute atomic E-state index is 0.0552. The molecule has 0 saturated heterocycles. The lowest BCUT2D eigenvalue weighted by molar-refractivity contribution is 0.478. The van der Waals surface area contributed by atoms with Gasteiger partial charge in [-0.15, -0.1) is 0 Å². The minimum Gasteiger partial charge on any atom is -0.506 e. The second-order valence-corrected chi connectivity index (χ2v) is 3.73. The molecule has 4 N–H and O–H groups in total. The van der Waals surface area contributed by atoms with Crippen LogP contribution in [-0.4, -0.2) is 5.11 Å². The van der Waals surface area contributed by atoms with Crippen molar-refractivity contribution < 1.29 is 9.50 Å². The van der Waals surface area contributed by atoms with Gasteiger partial charge < -0.3 is 16.2 Å². The number of anilines is 2. The van der Waals surface area contributed by atoms with Crippen LogP contribution in [0, 0.1) is 5.82 Å². The predicted octanol–water partition coefficient (Wildman–Crippen LogP) is 2.73. The Morgan fingerprint density at radius 2 is 1.94 bits per heavy atom. The molecule has 0 bridgehead atoms. The van der Waals surface area contributed by atoms with Crippen molar-refractivity contribution in [3.63, 3.8) is 0 Å². The predicted molar refractivity (Wildman–Crippen MR) is 66.2 cm³/mol. The maximum absolute atomic E-state index is 13.3. The number of nitrogen functional groups attached to an aromatic ring is 1. The topological polar surface area (TPSA) is 58.3 Å². The fraction of sp³-hybridized carbons (Fsp3) is 0.0769. The summed E-state index contributed by atoms with van der Waals surface area (Å²) < 4.78 is 13.3. The number of phenolic OH excluding ortho intramolecular Hbond substituents is 1. The third kappa shape index (κ3) is 2.66. The fourth-order valence-corrected chi connectivity index (χ4v) is 1.52. The van der Waals surface area contributed by atoms with Gasteiger partial charge in [-0.3, -0.25) is 0 Å². The molecule has 0 heterocycles. The molecule has 0 aliphatic rings. The number of nitrogens with one attached hydrogen (secondary N) is 1. The van der Waals surface area contributed by atoms with E-state index in [1.807, 2.05) is 0 Å². The molecule has 0 aliphatic heterocycles. The summed E-state index contributed by atoms with van der Waals surface area (Å²) in [5, 5.41) is 12.2. The molecule has 2 rings (SSSR count). The van der Waals surface area contributed by atoms with E-state index in [1.165, 1.54) is 12.1 Å². The zero-order valence-electron chi connectivity index (χ0n) is 9.15. The van der Waals surface area contributed by atoms with E-state index < -0.39 is 0 Å². The van der Waals surface area contributed by atoms with Crippen LogP contribution in [0.3, 0.4) is 0 Å². The van der Waals surface area contributed by atoms with Crippen LogP contribution in [0.15, 0.2) is 42.5 Å². The summed E-state index contributed by atoms with van der Waals surface area (Å²) in [7, 11) is 0. The van der Waals surface area contributed by atoms with E-state index in [-0.39, 0.29) is 11.6 Å². The standard InChI is InChI=1S/C13H13FN2O/c14-10-3-1-2-4-12(10)16-8-9-5-6-13(17)11(15)7-9/h1-7,16-17H,8,15H2. The lowest BCUT2D eigenvalue weighted by Crippen LogP contribution is -2.01. The average molecular weight is 232 g/mol. The summed E-state index contributed by atoms with van der Waals surface area (Å²) in [6.45, 7) is 0.450. The van der Waals surface area contributed by atoms with Gasteiger partial charge in [0.25, 0.3) is 0 Å². The van der Waals surface area contributed by atoms with E-state index in [9.17, 15) is 9.50 Å². The van der Waals surface area contributed by atoms with Gasteiger partial charge in [-0.1, -0.05) is 18.2 Å². The van der Waals surface area contributed by atoms with Crippen LogP contribution < -0.4 is 11.1 Å². The summed E-state index contributed by atoms with van der Waals surface area (Å²) in [4.78, 5) is 0. The van der Waals surface area contributed by atoms with Gasteiger partial charge in [-0.05, 0) is 29.8 Å². The third-order valence-corrected chi connectivity index (χ3v) is 2.45. The molecule has 4 heteroatoms. The van der Waals surface area contributed by atoms with E-state index in [1.54, 1.807) is 30.3 Å². The van der Waals surface area contributed by atoms with E-state index in [0.29, 0.717) is 17.9 Å². The first-order valence-electron chi connectivity index (χ1n) is 5.22. The fourth-order valence-electron chi connectivity index (χ4n) is 1.52. The van der Waals surface area contributed by atoms with E-state index in [2.05, 4.69) is 5.32 Å². The maximum Gasteiger partial charge on any atom is 0.146 e. The molecule has 3 nitrogen and oxygen atoms in total. The van der Waals surface area contributed by atoms with E-state index >= 15 is 0 Å². The molecule has 0 aromatic heterocycles. The van der Waals surface area contributed by atoms with Crippen molar-refractivity contribution in [3.8, 4) is 5.75 Å². The number of halogens is 1. The van der Waals surface area contributed by atoms with Crippen molar-refractivity contribution >= 4 is 11.4 Å². The number of nitrogens with two attached hydrogens (primary N) is 1. The molecule has 17 heavy (non-hydrogen) atoms. The van der Waals surface area contributed by atoms with Crippen LogP contribution in [0.4, 0.5) is 15.8 Å². The third-order valence-electron chi connectivity index (χ3n) is 2.45. The van der Waals surface area contributed by atoms with Crippen molar-refractivity contribution in [3.05, 3.63) is 53.8 Å². The van der Waals surface area contributed by atoms with Gasteiger partial charge in [0, 0.05) is 6.54 Å². The Morgan fingerprint density at radius 1 is 1.18 bits per heavy atom. The number of aromatic hydroxyl groups is 1. The molecule has 0 spiro atoms. The van der Waals surface area contributed by atoms with Crippen molar-refractivity contribution in [2.45, 2.75) is 6.54 Å². The monoisotopic (exact) mass is 232 g/mol. The first-order chi connectivity index (χ1) is 8.16. The van der Waals surface area contributed by atoms with Gasteiger partial charge in [0.15, 0.2) is 0 Å². The Morgan fingerprint density at radius 3 is 2.65 bits per heavy atom.